The molecule has 0 bridgehead atoms. The lowest BCUT2D eigenvalue weighted by molar-refractivity contribution is -0.180. The Bertz CT molecular complexity index is 241. The molecule has 82 valence electrons. The van der Waals surface area contributed by atoms with Gasteiger partial charge in [0, 0.05) is 5.41 Å². The topological polar surface area (TPSA) is 43.4 Å². The molecule has 0 aliphatic rings. The van der Waals surface area contributed by atoms with E-state index in [1.807, 2.05) is 0 Å². The fourth-order valence-corrected chi connectivity index (χ4v) is 0.785. The summed E-state index contributed by atoms with van der Waals surface area (Å²) in [6.45, 7) is 5.19. The number of carbonyl (C=O) groups is 2. The lowest BCUT2D eigenvalue weighted by Gasteiger charge is -2.22. The number of ether oxygens (including phenoxy) is 1. The fraction of sp³-hybridized carbons (Fsp3) is 0.778. The van der Waals surface area contributed by atoms with Gasteiger partial charge in [-0.15, -0.1) is 0 Å². The molecule has 0 aliphatic heterocycles. The van der Waals surface area contributed by atoms with Crippen molar-refractivity contribution in [1.29, 1.82) is 0 Å². The van der Waals surface area contributed by atoms with Crippen molar-refractivity contribution in [2.24, 2.45) is 5.41 Å². The summed E-state index contributed by atoms with van der Waals surface area (Å²) in [6.07, 6.45) is 0. The Morgan fingerprint density at radius 2 is 1.64 bits per heavy atom. The van der Waals surface area contributed by atoms with Crippen molar-refractivity contribution in [3.05, 3.63) is 0 Å². The van der Waals surface area contributed by atoms with E-state index < -0.39 is 23.1 Å². The highest BCUT2D eigenvalue weighted by molar-refractivity contribution is 6.07. The van der Waals surface area contributed by atoms with Gasteiger partial charge in [-0.1, -0.05) is 20.8 Å². The van der Waals surface area contributed by atoms with Gasteiger partial charge in [0.25, 0.3) is 0 Å². The predicted octanol–water partition coefficient (Wildman–Crippen LogP) is 1.80. The molecule has 0 heterocycles. The van der Waals surface area contributed by atoms with Gasteiger partial charge in [0.2, 0.25) is 5.78 Å². The Morgan fingerprint density at radius 3 is 1.93 bits per heavy atom. The maximum atomic E-state index is 13.1. The number of carbonyl (C=O) groups excluding carboxylic acids is 2. The van der Waals surface area contributed by atoms with Crippen molar-refractivity contribution in [1.82, 2.24) is 0 Å². The first-order valence-corrected chi connectivity index (χ1v) is 4.24. The van der Waals surface area contributed by atoms with Crippen molar-refractivity contribution < 1.29 is 23.1 Å². The summed E-state index contributed by atoms with van der Waals surface area (Å²) < 4.78 is 30.3. The monoisotopic (exact) mass is 208 g/mol. The van der Waals surface area contributed by atoms with Crippen LogP contribution in [0.25, 0.3) is 0 Å². The Kier molecular flexibility index (Phi) is 3.73. The van der Waals surface area contributed by atoms with Gasteiger partial charge in [-0.2, -0.15) is 8.78 Å². The number of esters is 1. The maximum absolute atomic E-state index is 13.1. The predicted molar refractivity (Wildman–Crippen MR) is 46.0 cm³/mol. The van der Waals surface area contributed by atoms with Crippen LogP contribution in [-0.4, -0.2) is 24.3 Å². The molecule has 0 spiro atoms. The number of Topliss-reactive ketones (excluding diaryl/α,β-unsaturated/α-hetero) is 1. The second kappa shape index (κ2) is 4.02. The van der Waals surface area contributed by atoms with Crippen LogP contribution in [-0.2, 0) is 14.3 Å². The molecular formula is C9H14F2O3. The summed E-state index contributed by atoms with van der Waals surface area (Å²) in [5.41, 5.74) is -1.27. The molecule has 0 aromatic heterocycles. The van der Waals surface area contributed by atoms with E-state index in [9.17, 15) is 18.4 Å². The summed E-state index contributed by atoms with van der Waals surface area (Å²) in [5.74, 6) is -7.25. The zero-order valence-electron chi connectivity index (χ0n) is 8.69. The molecule has 0 fully saturated rings. The summed E-state index contributed by atoms with van der Waals surface area (Å²) in [5, 5.41) is 0. The molecule has 0 atom stereocenters. The lowest BCUT2D eigenvalue weighted by atomic mass is 9.87. The van der Waals surface area contributed by atoms with E-state index in [4.69, 9.17) is 0 Å². The van der Waals surface area contributed by atoms with Crippen LogP contribution in [0, 0.1) is 5.41 Å². The minimum Gasteiger partial charge on any atom is -0.461 e. The SMILES string of the molecule is CCOC(=O)C(F)(F)C(=O)C(C)(C)C. The number of halogens is 2. The highest BCUT2D eigenvalue weighted by atomic mass is 19.3. The van der Waals surface area contributed by atoms with E-state index in [1.165, 1.54) is 27.7 Å². The summed E-state index contributed by atoms with van der Waals surface area (Å²) in [6, 6.07) is 0. The van der Waals surface area contributed by atoms with Crippen molar-refractivity contribution in [3.63, 3.8) is 0 Å². The second-order valence-corrected chi connectivity index (χ2v) is 3.87. The summed E-state index contributed by atoms with van der Waals surface area (Å²) in [7, 11) is 0. The Balaban J connectivity index is 4.79. The van der Waals surface area contributed by atoms with E-state index in [2.05, 4.69) is 4.74 Å². The van der Waals surface area contributed by atoms with Gasteiger partial charge >= 0.3 is 11.9 Å². The largest absolute Gasteiger partial charge is 0.461 e. The molecule has 0 aromatic carbocycles. The van der Waals surface area contributed by atoms with Gasteiger partial charge in [0.15, 0.2) is 0 Å². The zero-order valence-corrected chi connectivity index (χ0v) is 8.69. The minimum atomic E-state index is -4.05. The molecule has 14 heavy (non-hydrogen) atoms. The fourth-order valence-electron chi connectivity index (χ4n) is 0.785. The first-order valence-electron chi connectivity index (χ1n) is 4.24. The van der Waals surface area contributed by atoms with Crippen LogP contribution >= 0.6 is 0 Å². The Labute approximate surface area is 81.4 Å². The smallest absolute Gasteiger partial charge is 0.400 e. The van der Waals surface area contributed by atoms with Crippen LogP contribution in [0.15, 0.2) is 0 Å². The van der Waals surface area contributed by atoms with E-state index in [-0.39, 0.29) is 6.61 Å². The van der Waals surface area contributed by atoms with Crippen LogP contribution in [0.5, 0.6) is 0 Å². The van der Waals surface area contributed by atoms with Gasteiger partial charge in [-0.3, -0.25) is 4.79 Å². The number of rotatable bonds is 3. The quantitative estimate of drug-likeness (QED) is 0.524. The van der Waals surface area contributed by atoms with Crippen LogP contribution in [0.2, 0.25) is 0 Å². The molecule has 5 heteroatoms. The molecular weight excluding hydrogens is 194 g/mol. The maximum Gasteiger partial charge on any atom is 0.400 e. The molecule has 0 radical (unpaired) electrons. The summed E-state index contributed by atoms with van der Waals surface area (Å²) >= 11 is 0. The van der Waals surface area contributed by atoms with Crippen LogP contribution in [0.1, 0.15) is 27.7 Å². The molecule has 0 saturated carbocycles. The first-order chi connectivity index (χ1) is 6.14. The van der Waals surface area contributed by atoms with E-state index in [0.717, 1.165) is 0 Å². The first kappa shape index (κ1) is 13.0. The lowest BCUT2D eigenvalue weighted by Crippen LogP contribution is -2.45. The molecule has 0 unspecified atom stereocenters. The van der Waals surface area contributed by atoms with Crippen LogP contribution in [0.4, 0.5) is 8.78 Å². The molecule has 0 N–H and O–H groups in total. The molecule has 3 nitrogen and oxygen atoms in total. The average Bonchev–Trinajstić information content (AvgIpc) is 2.01. The van der Waals surface area contributed by atoms with Crippen LogP contribution < -0.4 is 0 Å². The second-order valence-electron chi connectivity index (χ2n) is 3.87. The number of hydrogen-bond donors (Lipinski definition) is 0. The molecule has 0 aromatic rings. The zero-order chi connectivity index (χ0) is 11.6. The van der Waals surface area contributed by atoms with Gasteiger partial charge < -0.3 is 4.74 Å². The van der Waals surface area contributed by atoms with Crippen LogP contribution in [0.3, 0.4) is 0 Å². The molecule has 0 amide bonds. The number of hydrogen-bond acceptors (Lipinski definition) is 3. The van der Waals surface area contributed by atoms with E-state index >= 15 is 0 Å². The van der Waals surface area contributed by atoms with Crippen molar-refractivity contribution in [3.8, 4) is 0 Å². The average molecular weight is 208 g/mol. The van der Waals surface area contributed by atoms with Gasteiger partial charge in [0.1, 0.15) is 0 Å². The van der Waals surface area contributed by atoms with Crippen molar-refractivity contribution in [2.75, 3.05) is 6.61 Å². The molecule has 0 aliphatic carbocycles. The standard InChI is InChI=1S/C9H14F2O3/c1-5-14-7(13)9(10,11)6(12)8(2,3)4/h5H2,1-4H3. The van der Waals surface area contributed by atoms with Gasteiger partial charge in [0.05, 0.1) is 6.61 Å². The minimum absolute atomic E-state index is 0.175. The third kappa shape index (κ3) is 2.75. The Morgan fingerprint density at radius 1 is 1.21 bits per heavy atom. The number of ketones is 1. The highest BCUT2D eigenvalue weighted by Gasteiger charge is 2.52. The third-order valence-corrected chi connectivity index (χ3v) is 1.50. The van der Waals surface area contributed by atoms with Gasteiger partial charge in [-0.25, -0.2) is 4.79 Å². The number of alkyl halides is 2. The molecule has 0 saturated heterocycles. The third-order valence-electron chi connectivity index (χ3n) is 1.50. The van der Waals surface area contributed by atoms with E-state index in [1.54, 1.807) is 0 Å². The Hall–Kier alpha value is -1.00. The highest BCUT2D eigenvalue weighted by Crippen LogP contribution is 2.28. The van der Waals surface area contributed by atoms with E-state index in [0.29, 0.717) is 0 Å². The molecule has 0 rings (SSSR count). The normalized spacial score (nSPS) is 12.4. The van der Waals surface area contributed by atoms with Crippen molar-refractivity contribution in [2.45, 2.75) is 33.6 Å². The van der Waals surface area contributed by atoms with Crippen molar-refractivity contribution >= 4 is 11.8 Å². The van der Waals surface area contributed by atoms with Gasteiger partial charge in [-0.05, 0) is 6.92 Å². The summed E-state index contributed by atoms with van der Waals surface area (Å²) in [4.78, 5) is 21.9.